The maximum Gasteiger partial charge on any atom is 0.266 e. The summed E-state index contributed by atoms with van der Waals surface area (Å²) in [6, 6.07) is 13.0. The quantitative estimate of drug-likeness (QED) is 0.802. The Balaban J connectivity index is 2.35. The molecule has 3 rings (SSSR count). The van der Waals surface area contributed by atoms with Gasteiger partial charge in [-0.1, -0.05) is 12.1 Å². The van der Waals surface area contributed by atoms with Gasteiger partial charge < -0.3 is 10.1 Å². The Morgan fingerprint density at radius 3 is 2.50 bits per heavy atom. The second kappa shape index (κ2) is 6.45. The van der Waals surface area contributed by atoms with E-state index in [9.17, 15) is 4.79 Å². The normalized spacial score (nSPS) is 12.3. The molecule has 0 saturated carbocycles. The molecule has 0 aliphatic rings. The lowest BCUT2D eigenvalue weighted by atomic mass is 10.1. The van der Waals surface area contributed by atoms with Gasteiger partial charge in [-0.25, -0.2) is 4.98 Å². The first-order valence-electron chi connectivity index (χ1n) is 7.90. The Morgan fingerprint density at radius 1 is 1.17 bits per heavy atom. The summed E-state index contributed by atoms with van der Waals surface area (Å²) < 4.78 is 6.87. The van der Waals surface area contributed by atoms with E-state index < -0.39 is 0 Å². The monoisotopic (exact) mass is 323 g/mol. The lowest BCUT2D eigenvalue weighted by molar-refractivity contribution is 0.414. The van der Waals surface area contributed by atoms with Gasteiger partial charge in [0.1, 0.15) is 11.6 Å². The average molecular weight is 323 g/mol. The number of aromatic nitrogens is 2. The van der Waals surface area contributed by atoms with Gasteiger partial charge in [0.25, 0.3) is 5.56 Å². The summed E-state index contributed by atoms with van der Waals surface area (Å²) in [5.74, 6) is 1.44. The van der Waals surface area contributed by atoms with E-state index in [1.165, 1.54) is 0 Å². The number of hydrogen-bond acceptors (Lipinski definition) is 4. The summed E-state index contributed by atoms with van der Waals surface area (Å²) in [5.41, 5.74) is 2.46. The molecule has 124 valence electrons. The van der Waals surface area contributed by atoms with Crippen LogP contribution in [0.1, 0.15) is 24.4 Å². The van der Waals surface area contributed by atoms with Crippen molar-refractivity contribution in [3.8, 4) is 11.4 Å². The number of hydrogen-bond donors (Lipinski definition) is 1. The molecule has 0 aliphatic carbocycles. The highest BCUT2D eigenvalue weighted by Crippen LogP contribution is 2.21. The fraction of sp³-hybridized carbons (Fsp3) is 0.263. The highest BCUT2D eigenvalue weighted by Gasteiger charge is 2.17. The number of fused-ring (bicyclic) bond motifs is 1. The molecule has 1 heterocycles. The lowest BCUT2D eigenvalue weighted by Crippen LogP contribution is -2.29. The van der Waals surface area contributed by atoms with E-state index >= 15 is 0 Å². The molecule has 24 heavy (non-hydrogen) atoms. The van der Waals surface area contributed by atoms with Crippen molar-refractivity contribution in [1.82, 2.24) is 14.9 Å². The molecule has 0 bridgehead atoms. The van der Waals surface area contributed by atoms with Gasteiger partial charge in [0.2, 0.25) is 0 Å². The van der Waals surface area contributed by atoms with Crippen molar-refractivity contribution >= 4 is 10.9 Å². The van der Waals surface area contributed by atoms with E-state index in [0.29, 0.717) is 11.2 Å². The molecule has 0 fully saturated rings. The first-order valence-corrected chi connectivity index (χ1v) is 7.90. The van der Waals surface area contributed by atoms with Crippen LogP contribution in [0.2, 0.25) is 0 Å². The summed E-state index contributed by atoms with van der Waals surface area (Å²) in [7, 11) is 3.48. The predicted molar refractivity (Wildman–Crippen MR) is 96.1 cm³/mol. The summed E-state index contributed by atoms with van der Waals surface area (Å²) in [6.07, 6.45) is 0. The number of ether oxygens (including phenoxy) is 1. The molecule has 1 N–H and O–H groups in total. The van der Waals surface area contributed by atoms with Gasteiger partial charge in [-0.3, -0.25) is 9.36 Å². The molecule has 0 amide bonds. The average Bonchev–Trinajstić information content (AvgIpc) is 2.62. The summed E-state index contributed by atoms with van der Waals surface area (Å²) in [5, 5.41) is 3.80. The highest BCUT2D eigenvalue weighted by atomic mass is 16.5. The molecular weight excluding hydrogens is 302 g/mol. The van der Waals surface area contributed by atoms with Crippen molar-refractivity contribution in [1.29, 1.82) is 0 Å². The molecule has 1 aromatic heterocycles. The maximum absolute atomic E-state index is 13.1. The van der Waals surface area contributed by atoms with E-state index in [-0.39, 0.29) is 11.6 Å². The number of nitrogens with zero attached hydrogens (tertiary/aromatic N) is 2. The van der Waals surface area contributed by atoms with Crippen molar-refractivity contribution in [3.05, 3.63) is 64.2 Å². The van der Waals surface area contributed by atoms with Gasteiger partial charge in [0.15, 0.2) is 0 Å². The number of aryl methyl sites for hydroxylation is 1. The Bertz CT molecular complexity index is 930. The Morgan fingerprint density at radius 2 is 1.88 bits per heavy atom. The molecule has 0 saturated heterocycles. The van der Waals surface area contributed by atoms with Crippen LogP contribution in [0.25, 0.3) is 16.6 Å². The van der Waals surface area contributed by atoms with Crippen molar-refractivity contribution in [2.45, 2.75) is 19.9 Å². The van der Waals surface area contributed by atoms with E-state index in [2.05, 4.69) is 5.32 Å². The topological polar surface area (TPSA) is 56.2 Å². The van der Waals surface area contributed by atoms with Crippen molar-refractivity contribution in [3.63, 3.8) is 0 Å². The van der Waals surface area contributed by atoms with Gasteiger partial charge in [0, 0.05) is 0 Å². The maximum atomic E-state index is 13.1. The molecule has 0 aliphatic heterocycles. The Labute approximate surface area is 140 Å². The van der Waals surface area contributed by atoms with E-state index in [0.717, 1.165) is 22.5 Å². The van der Waals surface area contributed by atoms with Gasteiger partial charge in [-0.05, 0) is 56.8 Å². The minimum absolute atomic E-state index is 0.0639. The molecule has 1 atom stereocenters. The Hall–Kier alpha value is -2.66. The smallest absolute Gasteiger partial charge is 0.266 e. The summed E-state index contributed by atoms with van der Waals surface area (Å²) >= 11 is 0. The number of rotatable bonds is 4. The van der Waals surface area contributed by atoms with Crippen LogP contribution in [0.3, 0.4) is 0 Å². The SMILES string of the molecule is CNC(C)c1nc2c(C)cccc2c(=O)n1-c1ccc(OC)cc1. The van der Waals surface area contributed by atoms with Gasteiger partial charge in [0.05, 0.1) is 29.7 Å². The molecule has 1 unspecified atom stereocenters. The highest BCUT2D eigenvalue weighted by molar-refractivity contribution is 5.81. The van der Waals surface area contributed by atoms with Crippen molar-refractivity contribution < 1.29 is 4.74 Å². The molecule has 0 radical (unpaired) electrons. The molecule has 0 spiro atoms. The van der Waals surface area contributed by atoms with Crippen LogP contribution in [0.4, 0.5) is 0 Å². The number of para-hydroxylation sites is 1. The van der Waals surface area contributed by atoms with Crippen LogP contribution in [0.5, 0.6) is 5.75 Å². The fourth-order valence-electron chi connectivity index (χ4n) is 2.77. The van der Waals surface area contributed by atoms with Gasteiger partial charge in [-0.2, -0.15) is 0 Å². The third kappa shape index (κ3) is 2.67. The minimum Gasteiger partial charge on any atom is -0.497 e. The second-order valence-corrected chi connectivity index (χ2v) is 5.79. The summed E-state index contributed by atoms with van der Waals surface area (Å²) in [4.78, 5) is 17.9. The Kier molecular flexibility index (Phi) is 4.36. The van der Waals surface area contributed by atoms with E-state index in [4.69, 9.17) is 9.72 Å². The molecular formula is C19H21N3O2. The zero-order valence-electron chi connectivity index (χ0n) is 14.3. The minimum atomic E-state index is -0.0659. The number of methoxy groups -OCH3 is 1. The zero-order valence-corrected chi connectivity index (χ0v) is 14.3. The molecule has 5 heteroatoms. The summed E-state index contributed by atoms with van der Waals surface area (Å²) in [6.45, 7) is 3.96. The van der Waals surface area contributed by atoms with E-state index in [1.807, 2.05) is 63.4 Å². The first-order chi connectivity index (χ1) is 11.6. The number of nitrogens with one attached hydrogen (secondary N) is 1. The van der Waals surface area contributed by atoms with Crippen LogP contribution in [0.15, 0.2) is 47.3 Å². The first kappa shape index (κ1) is 16.2. The third-order valence-corrected chi connectivity index (χ3v) is 4.28. The van der Waals surface area contributed by atoms with Gasteiger partial charge >= 0.3 is 0 Å². The zero-order chi connectivity index (χ0) is 17.3. The van der Waals surface area contributed by atoms with Crippen LogP contribution in [-0.4, -0.2) is 23.7 Å². The standard InChI is InChI=1S/C19H21N3O2/c1-12-6-5-7-16-17(12)21-18(13(2)20-3)22(19(16)23)14-8-10-15(24-4)11-9-14/h5-11,13,20H,1-4H3. The predicted octanol–water partition coefficient (Wildman–Crippen LogP) is 2.98. The largest absolute Gasteiger partial charge is 0.497 e. The van der Waals surface area contributed by atoms with Crippen LogP contribution in [0, 0.1) is 6.92 Å². The van der Waals surface area contributed by atoms with Crippen LogP contribution in [-0.2, 0) is 0 Å². The number of benzene rings is 2. The molecule has 3 aromatic rings. The van der Waals surface area contributed by atoms with Crippen molar-refractivity contribution in [2.75, 3.05) is 14.2 Å². The van der Waals surface area contributed by atoms with Crippen LogP contribution >= 0.6 is 0 Å². The van der Waals surface area contributed by atoms with E-state index in [1.54, 1.807) is 11.7 Å². The second-order valence-electron chi connectivity index (χ2n) is 5.79. The fourth-order valence-corrected chi connectivity index (χ4v) is 2.77. The third-order valence-electron chi connectivity index (χ3n) is 4.28. The van der Waals surface area contributed by atoms with Crippen LogP contribution < -0.4 is 15.6 Å². The van der Waals surface area contributed by atoms with Crippen molar-refractivity contribution in [2.24, 2.45) is 0 Å². The molecule has 2 aromatic carbocycles. The lowest BCUT2D eigenvalue weighted by Gasteiger charge is -2.19. The van der Waals surface area contributed by atoms with Gasteiger partial charge in [-0.15, -0.1) is 0 Å². The molecule has 5 nitrogen and oxygen atoms in total.